The average Bonchev–Trinajstić information content (AvgIpc) is 2.35. The van der Waals surface area contributed by atoms with Crippen LogP contribution in [0.3, 0.4) is 0 Å². The molecule has 0 bridgehead atoms. The lowest BCUT2D eigenvalue weighted by Crippen LogP contribution is -2.53. The zero-order chi connectivity index (χ0) is 13.8. The zero-order valence-electron chi connectivity index (χ0n) is 11.0. The van der Waals surface area contributed by atoms with E-state index in [1.54, 1.807) is 12.0 Å². The maximum absolute atomic E-state index is 12.1. The van der Waals surface area contributed by atoms with E-state index >= 15 is 0 Å². The Morgan fingerprint density at radius 2 is 2.22 bits per heavy atom. The first kappa shape index (κ1) is 14.9. The van der Waals surface area contributed by atoms with Crippen molar-refractivity contribution >= 4 is 11.9 Å². The van der Waals surface area contributed by atoms with Crippen LogP contribution in [0.25, 0.3) is 0 Å². The summed E-state index contributed by atoms with van der Waals surface area (Å²) in [5, 5.41) is 8.58. The van der Waals surface area contributed by atoms with Crippen molar-refractivity contribution in [3.8, 4) is 0 Å². The second-order valence-electron chi connectivity index (χ2n) is 5.06. The number of amides is 1. The molecule has 0 aromatic rings. The van der Waals surface area contributed by atoms with Crippen LogP contribution >= 0.6 is 0 Å². The molecule has 3 N–H and O–H groups in total. The first-order valence-electron chi connectivity index (χ1n) is 6.19. The number of nitrogens with two attached hydrogens (primary N) is 1. The summed E-state index contributed by atoms with van der Waals surface area (Å²) in [7, 11) is 1.64. The van der Waals surface area contributed by atoms with Crippen LogP contribution < -0.4 is 5.73 Å². The third-order valence-corrected chi connectivity index (χ3v) is 3.45. The SMILES string of the molecule is COC1(C)CCCN(C(=O)C(N)CCC(=O)O)C1. The summed E-state index contributed by atoms with van der Waals surface area (Å²) >= 11 is 0. The molecule has 6 heteroatoms. The van der Waals surface area contributed by atoms with Gasteiger partial charge in [0.05, 0.1) is 11.6 Å². The van der Waals surface area contributed by atoms with Crippen LogP contribution in [-0.2, 0) is 14.3 Å². The summed E-state index contributed by atoms with van der Waals surface area (Å²) in [5.41, 5.74) is 5.41. The van der Waals surface area contributed by atoms with E-state index < -0.39 is 12.0 Å². The quantitative estimate of drug-likeness (QED) is 0.735. The third kappa shape index (κ3) is 3.96. The molecular weight excluding hydrogens is 236 g/mol. The van der Waals surface area contributed by atoms with E-state index in [2.05, 4.69) is 0 Å². The van der Waals surface area contributed by atoms with Crippen LogP contribution in [-0.4, -0.2) is 53.7 Å². The molecule has 18 heavy (non-hydrogen) atoms. The lowest BCUT2D eigenvalue weighted by molar-refractivity contribution is -0.141. The fraction of sp³-hybridized carbons (Fsp3) is 0.833. The molecule has 1 rings (SSSR count). The van der Waals surface area contributed by atoms with Gasteiger partial charge in [-0.2, -0.15) is 0 Å². The van der Waals surface area contributed by atoms with E-state index in [4.69, 9.17) is 15.6 Å². The van der Waals surface area contributed by atoms with Gasteiger partial charge in [-0.1, -0.05) is 0 Å². The second-order valence-corrected chi connectivity index (χ2v) is 5.06. The van der Waals surface area contributed by atoms with Crippen molar-refractivity contribution in [2.24, 2.45) is 5.73 Å². The molecule has 2 atom stereocenters. The molecule has 1 fully saturated rings. The normalized spacial score (nSPS) is 25.8. The van der Waals surface area contributed by atoms with Gasteiger partial charge < -0.3 is 20.5 Å². The summed E-state index contributed by atoms with van der Waals surface area (Å²) in [6.07, 6.45) is 1.88. The highest BCUT2D eigenvalue weighted by Gasteiger charge is 2.34. The molecule has 2 unspecified atom stereocenters. The van der Waals surface area contributed by atoms with E-state index in [0.717, 1.165) is 12.8 Å². The number of carbonyl (C=O) groups excluding carboxylic acids is 1. The number of carbonyl (C=O) groups is 2. The van der Waals surface area contributed by atoms with Crippen LogP contribution in [0.2, 0.25) is 0 Å². The molecule has 0 saturated carbocycles. The number of hydrogen-bond donors (Lipinski definition) is 2. The molecule has 1 amide bonds. The fourth-order valence-electron chi connectivity index (χ4n) is 2.20. The predicted octanol–water partition coefficient (Wildman–Crippen LogP) is 0.206. The van der Waals surface area contributed by atoms with Crippen molar-refractivity contribution in [2.45, 2.75) is 44.2 Å². The summed E-state index contributed by atoms with van der Waals surface area (Å²) in [6.45, 7) is 3.15. The Labute approximate surface area is 107 Å². The number of rotatable bonds is 5. The minimum Gasteiger partial charge on any atom is -0.481 e. The van der Waals surface area contributed by atoms with Gasteiger partial charge in [-0.15, -0.1) is 0 Å². The van der Waals surface area contributed by atoms with Crippen molar-refractivity contribution in [1.82, 2.24) is 4.90 Å². The van der Waals surface area contributed by atoms with Crippen LogP contribution in [0, 0.1) is 0 Å². The van der Waals surface area contributed by atoms with Gasteiger partial charge in [0.2, 0.25) is 5.91 Å². The van der Waals surface area contributed by atoms with Gasteiger partial charge in [0.1, 0.15) is 0 Å². The minimum absolute atomic E-state index is 0.0811. The highest BCUT2D eigenvalue weighted by molar-refractivity contribution is 5.82. The van der Waals surface area contributed by atoms with Crippen molar-refractivity contribution in [3.05, 3.63) is 0 Å². The van der Waals surface area contributed by atoms with E-state index in [0.29, 0.717) is 13.1 Å². The Balaban J connectivity index is 2.52. The topological polar surface area (TPSA) is 92.9 Å². The van der Waals surface area contributed by atoms with Crippen LogP contribution in [0.15, 0.2) is 0 Å². The minimum atomic E-state index is -0.932. The number of methoxy groups -OCH3 is 1. The van der Waals surface area contributed by atoms with Crippen LogP contribution in [0.1, 0.15) is 32.6 Å². The molecule has 0 radical (unpaired) electrons. The van der Waals surface area contributed by atoms with Gasteiger partial charge in [-0.25, -0.2) is 0 Å². The Morgan fingerprint density at radius 1 is 1.56 bits per heavy atom. The Hall–Kier alpha value is -1.14. The van der Waals surface area contributed by atoms with Gasteiger partial charge in [-0.05, 0) is 26.2 Å². The molecule has 1 aliphatic heterocycles. The summed E-state index contributed by atoms with van der Waals surface area (Å²) in [5.74, 6) is -1.11. The van der Waals surface area contributed by atoms with Crippen molar-refractivity contribution < 1.29 is 19.4 Å². The first-order valence-corrected chi connectivity index (χ1v) is 6.19. The van der Waals surface area contributed by atoms with Gasteiger partial charge >= 0.3 is 5.97 Å². The highest BCUT2D eigenvalue weighted by Crippen LogP contribution is 2.24. The maximum atomic E-state index is 12.1. The van der Waals surface area contributed by atoms with E-state index in [1.807, 2.05) is 6.92 Å². The lowest BCUT2D eigenvalue weighted by Gasteiger charge is -2.40. The van der Waals surface area contributed by atoms with Gasteiger partial charge in [0, 0.05) is 26.6 Å². The molecule has 1 aliphatic rings. The molecule has 1 heterocycles. The van der Waals surface area contributed by atoms with Gasteiger partial charge in [0.25, 0.3) is 0 Å². The molecule has 1 saturated heterocycles. The molecule has 0 aliphatic carbocycles. The van der Waals surface area contributed by atoms with Crippen molar-refractivity contribution in [3.63, 3.8) is 0 Å². The summed E-state index contributed by atoms with van der Waals surface area (Å²) < 4.78 is 5.41. The number of hydrogen-bond acceptors (Lipinski definition) is 4. The molecule has 6 nitrogen and oxygen atoms in total. The van der Waals surface area contributed by atoms with Crippen LogP contribution in [0.4, 0.5) is 0 Å². The number of nitrogens with zero attached hydrogens (tertiary/aromatic N) is 1. The number of carboxylic acid groups (broad SMARTS) is 1. The summed E-state index contributed by atoms with van der Waals surface area (Å²) in [6, 6.07) is -0.736. The van der Waals surface area contributed by atoms with Crippen LogP contribution in [0.5, 0.6) is 0 Å². The van der Waals surface area contributed by atoms with Crippen molar-refractivity contribution in [1.29, 1.82) is 0 Å². The Bertz CT molecular complexity index is 321. The number of likely N-dealkylation sites (tertiary alicyclic amines) is 1. The van der Waals surface area contributed by atoms with Crippen molar-refractivity contribution in [2.75, 3.05) is 20.2 Å². The largest absolute Gasteiger partial charge is 0.481 e. The van der Waals surface area contributed by atoms with Gasteiger partial charge in [0.15, 0.2) is 0 Å². The fourth-order valence-corrected chi connectivity index (χ4v) is 2.20. The molecular formula is C12H22N2O4. The Kier molecular flexibility index (Phi) is 5.10. The van der Waals surface area contributed by atoms with Gasteiger partial charge in [-0.3, -0.25) is 9.59 Å². The molecule has 0 aromatic carbocycles. The standard InChI is InChI=1S/C12H22N2O4/c1-12(18-2)6-3-7-14(8-12)11(17)9(13)4-5-10(15)16/h9H,3-8,13H2,1-2H3,(H,15,16). The zero-order valence-corrected chi connectivity index (χ0v) is 11.0. The van der Waals surface area contributed by atoms with E-state index in [9.17, 15) is 9.59 Å². The maximum Gasteiger partial charge on any atom is 0.303 e. The first-order chi connectivity index (χ1) is 8.38. The number of ether oxygens (including phenoxy) is 1. The number of aliphatic carboxylic acids is 1. The predicted molar refractivity (Wildman–Crippen MR) is 66.1 cm³/mol. The van der Waals surface area contributed by atoms with E-state index in [1.165, 1.54) is 0 Å². The molecule has 0 spiro atoms. The summed E-state index contributed by atoms with van der Waals surface area (Å²) in [4.78, 5) is 24.2. The Morgan fingerprint density at radius 3 is 2.78 bits per heavy atom. The molecule has 104 valence electrons. The monoisotopic (exact) mass is 258 g/mol. The number of piperidine rings is 1. The second kappa shape index (κ2) is 6.15. The third-order valence-electron chi connectivity index (χ3n) is 3.45. The highest BCUT2D eigenvalue weighted by atomic mass is 16.5. The average molecular weight is 258 g/mol. The smallest absolute Gasteiger partial charge is 0.303 e. The lowest BCUT2D eigenvalue weighted by atomic mass is 9.94. The van der Waals surface area contributed by atoms with E-state index in [-0.39, 0.29) is 24.3 Å². The molecule has 0 aromatic heterocycles. The number of carboxylic acids is 1.